The topological polar surface area (TPSA) is 55.4 Å². The third-order valence-corrected chi connectivity index (χ3v) is 4.31. The van der Waals surface area contributed by atoms with Crippen LogP contribution in [0, 0.1) is 18.8 Å². The molecular formula is C25H21NO3. The Morgan fingerprint density at radius 3 is 2.24 bits per heavy atom. The van der Waals surface area contributed by atoms with Gasteiger partial charge in [0.25, 0.3) is 5.91 Å². The number of aryl methyl sites for hydroxylation is 1. The first-order valence-corrected chi connectivity index (χ1v) is 9.28. The normalized spacial score (nSPS) is 9.83. The molecule has 0 heterocycles. The minimum atomic E-state index is -0.334. The Labute approximate surface area is 170 Å². The maximum atomic E-state index is 12.7. The Morgan fingerprint density at radius 2 is 1.48 bits per heavy atom. The Morgan fingerprint density at radius 1 is 0.828 bits per heavy atom. The molecule has 0 bridgehead atoms. The first-order chi connectivity index (χ1) is 14.2. The number of ether oxygens (including phenoxy) is 1. The molecule has 0 unspecified atom stereocenters. The molecule has 0 aliphatic carbocycles. The summed E-state index contributed by atoms with van der Waals surface area (Å²) in [6.07, 6.45) is 0. The molecule has 0 aliphatic rings. The van der Waals surface area contributed by atoms with Crippen molar-refractivity contribution in [2.45, 2.75) is 6.92 Å². The van der Waals surface area contributed by atoms with Crippen LogP contribution in [0.3, 0.4) is 0 Å². The quantitative estimate of drug-likeness (QED) is 0.516. The van der Waals surface area contributed by atoms with E-state index in [1.807, 2.05) is 37.3 Å². The van der Waals surface area contributed by atoms with Crippen molar-refractivity contribution in [3.63, 3.8) is 0 Å². The summed E-state index contributed by atoms with van der Waals surface area (Å²) in [6, 6.07) is 23.4. The van der Waals surface area contributed by atoms with Gasteiger partial charge in [0.1, 0.15) is 12.4 Å². The average Bonchev–Trinajstić information content (AvgIpc) is 2.77. The number of ketones is 1. The number of amides is 1. The fourth-order valence-electron chi connectivity index (χ4n) is 2.79. The van der Waals surface area contributed by atoms with E-state index in [0.29, 0.717) is 16.7 Å². The lowest BCUT2D eigenvalue weighted by Gasteiger charge is -2.08. The van der Waals surface area contributed by atoms with Crippen LogP contribution in [0.15, 0.2) is 78.9 Å². The SMILES string of the molecule is Cc1ccccc1OCC#CCNC(=O)c1ccccc1C(=O)c1ccccc1. The molecule has 4 heteroatoms. The zero-order valence-corrected chi connectivity index (χ0v) is 16.1. The van der Waals surface area contributed by atoms with Crippen LogP contribution in [-0.2, 0) is 0 Å². The highest BCUT2D eigenvalue weighted by Crippen LogP contribution is 2.16. The molecule has 144 valence electrons. The lowest BCUT2D eigenvalue weighted by Crippen LogP contribution is -2.25. The van der Waals surface area contributed by atoms with E-state index in [-0.39, 0.29) is 24.8 Å². The number of carbonyl (C=O) groups excluding carboxylic acids is 2. The fourth-order valence-corrected chi connectivity index (χ4v) is 2.79. The number of hydrogen-bond donors (Lipinski definition) is 1. The summed E-state index contributed by atoms with van der Waals surface area (Å²) in [4.78, 5) is 25.3. The highest BCUT2D eigenvalue weighted by atomic mass is 16.5. The largest absolute Gasteiger partial charge is 0.481 e. The first kappa shape index (κ1) is 19.9. The number of para-hydroxylation sites is 1. The summed E-state index contributed by atoms with van der Waals surface area (Å²) in [5.41, 5.74) is 2.29. The van der Waals surface area contributed by atoms with Crippen LogP contribution in [0.1, 0.15) is 31.8 Å². The van der Waals surface area contributed by atoms with Gasteiger partial charge in [-0.05, 0) is 24.6 Å². The monoisotopic (exact) mass is 383 g/mol. The van der Waals surface area contributed by atoms with Crippen molar-refractivity contribution in [3.05, 3.63) is 101 Å². The maximum Gasteiger partial charge on any atom is 0.252 e. The van der Waals surface area contributed by atoms with Gasteiger partial charge in [0, 0.05) is 11.1 Å². The van der Waals surface area contributed by atoms with Crippen LogP contribution in [0.4, 0.5) is 0 Å². The average molecular weight is 383 g/mol. The van der Waals surface area contributed by atoms with E-state index in [0.717, 1.165) is 11.3 Å². The highest BCUT2D eigenvalue weighted by molar-refractivity contribution is 6.15. The molecule has 3 aromatic rings. The molecule has 4 nitrogen and oxygen atoms in total. The summed E-state index contributed by atoms with van der Waals surface area (Å²) in [6.45, 7) is 2.38. The van der Waals surface area contributed by atoms with Crippen molar-refractivity contribution in [1.29, 1.82) is 0 Å². The van der Waals surface area contributed by atoms with Crippen LogP contribution in [0.2, 0.25) is 0 Å². The Hall–Kier alpha value is -3.84. The molecule has 0 saturated heterocycles. The lowest BCUT2D eigenvalue weighted by molar-refractivity contribution is 0.0946. The molecule has 0 radical (unpaired) electrons. The van der Waals surface area contributed by atoms with E-state index in [2.05, 4.69) is 17.2 Å². The van der Waals surface area contributed by atoms with Crippen molar-refractivity contribution in [2.24, 2.45) is 0 Å². The number of rotatable bonds is 6. The maximum absolute atomic E-state index is 12.7. The van der Waals surface area contributed by atoms with Crippen molar-refractivity contribution in [1.82, 2.24) is 5.32 Å². The minimum absolute atomic E-state index is 0.170. The summed E-state index contributed by atoms with van der Waals surface area (Å²) in [5, 5.41) is 2.74. The van der Waals surface area contributed by atoms with Crippen molar-refractivity contribution in [3.8, 4) is 17.6 Å². The molecule has 0 aliphatic heterocycles. The second-order valence-corrected chi connectivity index (χ2v) is 6.33. The molecule has 0 saturated carbocycles. The molecule has 29 heavy (non-hydrogen) atoms. The Balaban J connectivity index is 1.58. The molecule has 3 rings (SSSR count). The van der Waals surface area contributed by atoms with Gasteiger partial charge in [0.2, 0.25) is 0 Å². The van der Waals surface area contributed by atoms with Gasteiger partial charge in [-0.25, -0.2) is 0 Å². The van der Waals surface area contributed by atoms with Crippen molar-refractivity contribution < 1.29 is 14.3 Å². The summed E-state index contributed by atoms with van der Waals surface area (Å²) in [5.74, 6) is 6.01. The molecule has 0 aromatic heterocycles. The van der Waals surface area contributed by atoms with Gasteiger partial charge in [-0.3, -0.25) is 9.59 Å². The first-order valence-electron chi connectivity index (χ1n) is 9.28. The molecule has 0 fully saturated rings. The zero-order chi connectivity index (χ0) is 20.5. The van der Waals surface area contributed by atoms with Crippen LogP contribution >= 0.6 is 0 Å². The molecule has 0 atom stereocenters. The van der Waals surface area contributed by atoms with E-state index >= 15 is 0 Å². The predicted octanol–water partition coefficient (Wildman–Crippen LogP) is 4.04. The second kappa shape index (κ2) is 9.91. The third kappa shape index (κ3) is 5.33. The number of carbonyl (C=O) groups is 2. The van der Waals surface area contributed by atoms with E-state index in [4.69, 9.17) is 4.74 Å². The van der Waals surface area contributed by atoms with E-state index in [1.165, 1.54) is 0 Å². The van der Waals surface area contributed by atoms with Gasteiger partial charge < -0.3 is 10.1 Å². The van der Waals surface area contributed by atoms with E-state index in [9.17, 15) is 9.59 Å². The molecular weight excluding hydrogens is 362 g/mol. The standard InChI is InChI=1S/C25H21NO3/c1-19-11-5-8-16-23(19)29-18-10-9-17-26-25(28)22-15-7-6-14-21(22)24(27)20-12-3-2-4-13-20/h2-8,11-16H,17-18H2,1H3,(H,26,28). The number of nitrogens with one attached hydrogen (secondary N) is 1. The summed E-state index contributed by atoms with van der Waals surface area (Å²) in [7, 11) is 0. The van der Waals surface area contributed by atoms with Crippen molar-refractivity contribution in [2.75, 3.05) is 13.2 Å². The van der Waals surface area contributed by atoms with Crippen molar-refractivity contribution >= 4 is 11.7 Å². The van der Waals surface area contributed by atoms with Crippen LogP contribution < -0.4 is 10.1 Å². The Kier molecular flexibility index (Phi) is 6.80. The van der Waals surface area contributed by atoms with Gasteiger partial charge in [0.15, 0.2) is 5.78 Å². The van der Waals surface area contributed by atoms with Gasteiger partial charge in [-0.2, -0.15) is 0 Å². The van der Waals surface area contributed by atoms with Gasteiger partial charge in [0.05, 0.1) is 12.1 Å². The van der Waals surface area contributed by atoms with E-state index < -0.39 is 0 Å². The lowest BCUT2D eigenvalue weighted by atomic mass is 9.98. The third-order valence-electron chi connectivity index (χ3n) is 4.31. The van der Waals surface area contributed by atoms with Gasteiger partial charge in [-0.15, -0.1) is 0 Å². The number of hydrogen-bond acceptors (Lipinski definition) is 3. The fraction of sp³-hybridized carbons (Fsp3) is 0.120. The molecule has 1 amide bonds. The summed E-state index contributed by atoms with van der Waals surface area (Å²) < 4.78 is 5.60. The van der Waals surface area contributed by atoms with Crippen LogP contribution in [-0.4, -0.2) is 24.8 Å². The smallest absolute Gasteiger partial charge is 0.252 e. The summed E-state index contributed by atoms with van der Waals surface area (Å²) >= 11 is 0. The molecule has 3 aromatic carbocycles. The molecule has 1 N–H and O–H groups in total. The Bertz CT molecular complexity index is 1060. The zero-order valence-electron chi connectivity index (χ0n) is 16.1. The van der Waals surface area contributed by atoms with Crippen LogP contribution in [0.25, 0.3) is 0 Å². The molecule has 0 spiro atoms. The van der Waals surface area contributed by atoms with E-state index in [1.54, 1.807) is 48.5 Å². The van der Waals surface area contributed by atoms with Gasteiger partial charge in [-0.1, -0.05) is 78.6 Å². The van der Waals surface area contributed by atoms with Gasteiger partial charge >= 0.3 is 0 Å². The second-order valence-electron chi connectivity index (χ2n) is 6.33. The highest BCUT2D eigenvalue weighted by Gasteiger charge is 2.17. The predicted molar refractivity (Wildman–Crippen MR) is 113 cm³/mol. The minimum Gasteiger partial charge on any atom is -0.481 e. The van der Waals surface area contributed by atoms with Crippen LogP contribution in [0.5, 0.6) is 5.75 Å². The number of benzene rings is 3.